The van der Waals surface area contributed by atoms with E-state index >= 15 is 0 Å². The van der Waals surface area contributed by atoms with Crippen molar-refractivity contribution in [2.24, 2.45) is 0 Å². The highest BCUT2D eigenvalue weighted by Gasteiger charge is 2.39. The molecule has 0 saturated heterocycles. The highest BCUT2D eigenvalue weighted by atomic mass is 16.5. The van der Waals surface area contributed by atoms with Crippen LogP contribution in [0.25, 0.3) is 0 Å². The van der Waals surface area contributed by atoms with Crippen LogP contribution in [0, 0.1) is 0 Å². The Morgan fingerprint density at radius 1 is 0.933 bits per heavy atom. The van der Waals surface area contributed by atoms with Crippen LogP contribution in [0.15, 0.2) is 60.7 Å². The molecule has 0 fully saturated rings. The van der Waals surface area contributed by atoms with E-state index in [9.17, 15) is 5.11 Å². The molecular formula is C26H27NO3. The van der Waals surface area contributed by atoms with Crippen LogP contribution in [0.3, 0.4) is 0 Å². The predicted octanol–water partition coefficient (Wildman–Crippen LogP) is 4.85. The molecular weight excluding hydrogens is 374 g/mol. The van der Waals surface area contributed by atoms with Crippen molar-refractivity contribution in [1.29, 1.82) is 0 Å². The van der Waals surface area contributed by atoms with E-state index in [-0.39, 0.29) is 11.8 Å². The molecule has 30 heavy (non-hydrogen) atoms. The zero-order valence-corrected chi connectivity index (χ0v) is 17.5. The summed E-state index contributed by atoms with van der Waals surface area (Å²) in [5.41, 5.74) is 6.54. The molecule has 3 aromatic carbocycles. The first-order chi connectivity index (χ1) is 14.7. The van der Waals surface area contributed by atoms with Crippen molar-refractivity contribution >= 4 is 0 Å². The van der Waals surface area contributed by atoms with Crippen LogP contribution in [0.4, 0.5) is 0 Å². The maximum atomic E-state index is 10.4. The van der Waals surface area contributed by atoms with E-state index in [0.29, 0.717) is 11.8 Å². The van der Waals surface area contributed by atoms with Gasteiger partial charge in [-0.2, -0.15) is 0 Å². The number of hydrogen-bond donors (Lipinski definition) is 1. The fraction of sp³-hybridized carbons (Fsp3) is 0.308. The normalized spacial score (nSPS) is 20.1. The Hall–Kier alpha value is -2.98. The summed E-state index contributed by atoms with van der Waals surface area (Å²) in [6, 6.07) is 21.6. The van der Waals surface area contributed by atoms with E-state index < -0.39 is 0 Å². The second kappa shape index (κ2) is 7.69. The van der Waals surface area contributed by atoms with Crippen molar-refractivity contribution in [3.63, 3.8) is 0 Å². The molecule has 2 heterocycles. The first-order valence-corrected chi connectivity index (χ1v) is 10.5. The van der Waals surface area contributed by atoms with E-state index in [1.165, 1.54) is 27.8 Å². The fourth-order valence-corrected chi connectivity index (χ4v) is 5.16. The Morgan fingerprint density at radius 2 is 1.77 bits per heavy atom. The molecule has 4 heteroatoms. The second-order valence-corrected chi connectivity index (χ2v) is 8.20. The maximum absolute atomic E-state index is 10.4. The standard InChI is InChI=1S/C26H27NO3/c1-29-20-8-9-21-18(13-20)10-11-27-23(12-17-6-4-3-5-7-17)22-16-26(30-2)25(28)15-19(22)14-24(21)27/h3-9,13,15-16,23-24,28H,10-12,14H2,1-2H3/t23-,24+/m1/s1. The van der Waals surface area contributed by atoms with Gasteiger partial charge >= 0.3 is 0 Å². The third kappa shape index (κ3) is 3.21. The van der Waals surface area contributed by atoms with Crippen LogP contribution in [-0.4, -0.2) is 30.8 Å². The van der Waals surface area contributed by atoms with Crippen LogP contribution < -0.4 is 9.47 Å². The summed E-state index contributed by atoms with van der Waals surface area (Å²) in [5.74, 6) is 1.68. The highest BCUT2D eigenvalue weighted by molar-refractivity contribution is 5.51. The number of phenolic OH excluding ortho intramolecular Hbond substituents is 1. The molecule has 0 aliphatic carbocycles. The lowest BCUT2D eigenvalue weighted by molar-refractivity contribution is 0.106. The van der Waals surface area contributed by atoms with Crippen molar-refractivity contribution in [1.82, 2.24) is 4.90 Å². The lowest BCUT2D eigenvalue weighted by atomic mass is 9.79. The minimum absolute atomic E-state index is 0.217. The average Bonchev–Trinajstić information content (AvgIpc) is 2.78. The van der Waals surface area contributed by atoms with Gasteiger partial charge in [0.1, 0.15) is 5.75 Å². The number of rotatable bonds is 4. The second-order valence-electron chi connectivity index (χ2n) is 8.20. The van der Waals surface area contributed by atoms with Crippen LogP contribution in [0.1, 0.15) is 39.9 Å². The molecule has 4 nitrogen and oxygen atoms in total. The van der Waals surface area contributed by atoms with Crippen LogP contribution in [-0.2, 0) is 19.3 Å². The molecule has 3 aromatic rings. The summed E-state index contributed by atoms with van der Waals surface area (Å²) in [6.45, 7) is 1.00. The fourth-order valence-electron chi connectivity index (χ4n) is 5.16. The van der Waals surface area contributed by atoms with Crippen molar-refractivity contribution < 1.29 is 14.6 Å². The zero-order chi connectivity index (χ0) is 20.7. The first kappa shape index (κ1) is 19.0. The Kier molecular flexibility index (Phi) is 4.87. The van der Waals surface area contributed by atoms with Gasteiger partial charge in [0.2, 0.25) is 0 Å². The predicted molar refractivity (Wildman–Crippen MR) is 117 cm³/mol. The summed E-state index contributed by atoms with van der Waals surface area (Å²) >= 11 is 0. The molecule has 2 aliphatic rings. The lowest BCUT2D eigenvalue weighted by Crippen LogP contribution is -2.43. The molecule has 2 aliphatic heterocycles. The van der Waals surface area contributed by atoms with Gasteiger partial charge in [-0.05, 0) is 71.3 Å². The van der Waals surface area contributed by atoms with Gasteiger partial charge in [-0.15, -0.1) is 0 Å². The third-order valence-corrected chi connectivity index (χ3v) is 6.63. The number of aromatic hydroxyl groups is 1. The summed E-state index contributed by atoms with van der Waals surface area (Å²) in [7, 11) is 3.34. The van der Waals surface area contributed by atoms with E-state index in [1.54, 1.807) is 14.2 Å². The molecule has 2 atom stereocenters. The van der Waals surface area contributed by atoms with E-state index in [2.05, 4.69) is 53.4 Å². The summed E-state index contributed by atoms with van der Waals surface area (Å²) in [5, 5.41) is 10.4. The molecule has 154 valence electrons. The van der Waals surface area contributed by atoms with E-state index in [4.69, 9.17) is 9.47 Å². The molecule has 0 unspecified atom stereocenters. The molecule has 0 radical (unpaired) electrons. The van der Waals surface area contributed by atoms with Crippen LogP contribution in [0.2, 0.25) is 0 Å². The van der Waals surface area contributed by atoms with E-state index in [1.807, 2.05) is 12.1 Å². The molecule has 0 bridgehead atoms. The Labute approximate surface area is 177 Å². The number of phenols is 1. The average molecular weight is 402 g/mol. The molecule has 0 spiro atoms. The minimum atomic E-state index is 0.217. The molecule has 5 rings (SSSR count). The van der Waals surface area contributed by atoms with Crippen LogP contribution in [0.5, 0.6) is 17.2 Å². The number of hydrogen-bond acceptors (Lipinski definition) is 4. The minimum Gasteiger partial charge on any atom is -0.504 e. The Balaban J connectivity index is 1.61. The largest absolute Gasteiger partial charge is 0.504 e. The molecule has 1 N–H and O–H groups in total. The molecule has 0 saturated carbocycles. The number of benzene rings is 3. The van der Waals surface area contributed by atoms with E-state index in [0.717, 1.165) is 31.6 Å². The monoisotopic (exact) mass is 401 g/mol. The van der Waals surface area contributed by atoms with Gasteiger partial charge in [-0.25, -0.2) is 0 Å². The zero-order valence-electron chi connectivity index (χ0n) is 17.5. The van der Waals surface area contributed by atoms with Gasteiger partial charge in [-0.3, -0.25) is 4.90 Å². The van der Waals surface area contributed by atoms with Crippen molar-refractivity contribution in [2.75, 3.05) is 20.8 Å². The number of nitrogens with zero attached hydrogens (tertiary/aromatic N) is 1. The number of methoxy groups -OCH3 is 2. The summed E-state index contributed by atoms with van der Waals surface area (Å²) in [6.07, 6.45) is 2.83. The van der Waals surface area contributed by atoms with Crippen LogP contribution >= 0.6 is 0 Å². The van der Waals surface area contributed by atoms with Gasteiger partial charge in [0, 0.05) is 18.6 Å². The van der Waals surface area contributed by atoms with Gasteiger partial charge in [-0.1, -0.05) is 36.4 Å². The Morgan fingerprint density at radius 3 is 2.53 bits per heavy atom. The number of ether oxygens (including phenoxy) is 2. The van der Waals surface area contributed by atoms with Crippen molar-refractivity contribution in [3.8, 4) is 17.2 Å². The summed E-state index contributed by atoms with van der Waals surface area (Å²) in [4.78, 5) is 2.64. The smallest absolute Gasteiger partial charge is 0.160 e. The Bertz CT molecular complexity index is 1060. The highest BCUT2D eigenvalue weighted by Crippen LogP contribution is 2.47. The van der Waals surface area contributed by atoms with Gasteiger partial charge in [0.25, 0.3) is 0 Å². The summed E-state index contributed by atoms with van der Waals surface area (Å²) < 4.78 is 10.9. The molecule has 0 amide bonds. The topological polar surface area (TPSA) is 41.9 Å². The van der Waals surface area contributed by atoms with Gasteiger partial charge < -0.3 is 14.6 Å². The lowest BCUT2D eigenvalue weighted by Gasteiger charge is -2.47. The van der Waals surface area contributed by atoms with Crippen molar-refractivity contribution in [3.05, 3.63) is 88.5 Å². The van der Waals surface area contributed by atoms with Crippen molar-refractivity contribution in [2.45, 2.75) is 31.3 Å². The van der Waals surface area contributed by atoms with Gasteiger partial charge in [0.15, 0.2) is 11.5 Å². The van der Waals surface area contributed by atoms with Gasteiger partial charge in [0.05, 0.1) is 14.2 Å². The maximum Gasteiger partial charge on any atom is 0.160 e. The first-order valence-electron chi connectivity index (χ1n) is 10.5. The third-order valence-electron chi connectivity index (χ3n) is 6.63. The SMILES string of the molecule is COc1ccc2c(c1)CCN1[C@H](Cc3ccccc3)c3cc(OC)c(O)cc3C[C@@H]21. The number of fused-ring (bicyclic) bond motifs is 4. The quantitative estimate of drug-likeness (QED) is 0.679. The molecule has 0 aromatic heterocycles.